The first-order chi connectivity index (χ1) is 8.22. The molecule has 0 bridgehead atoms. The first kappa shape index (κ1) is 11.7. The molecule has 2 rings (SSSR count). The normalized spacial score (nSPS) is 10.2. The molecule has 0 atom stereocenters. The van der Waals surface area contributed by atoms with Crippen LogP contribution < -0.4 is 4.74 Å². The molecule has 0 saturated heterocycles. The van der Waals surface area contributed by atoms with Gasteiger partial charge in [0.15, 0.2) is 12.0 Å². The molecule has 0 spiro atoms. The van der Waals surface area contributed by atoms with Crippen molar-refractivity contribution in [1.82, 2.24) is 0 Å². The monoisotopic (exact) mass is 250 g/mol. The molecule has 3 nitrogen and oxygen atoms in total. The van der Waals surface area contributed by atoms with E-state index in [4.69, 9.17) is 20.8 Å². The molecular formula is C13H11ClO3. The SMILES string of the molecule is COc1ccc(Cc2ccc(C=O)o2)c(Cl)c1. The minimum absolute atomic E-state index is 0.324. The van der Waals surface area contributed by atoms with Crippen LogP contribution in [0.3, 0.4) is 0 Å². The van der Waals surface area contributed by atoms with Gasteiger partial charge in [-0.15, -0.1) is 0 Å². The molecular weight excluding hydrogens is 240 g/mol. The highest BCUT2D eigenvalue weighted by atomic mass is 35.5. The minimum atomic E-state index is 0.324. The Hall–Kier alpha value is -1.74. The highest BCUT2D eigenvalue weighted by Crippen LogP contribution is 2.24. The van der Waals surface area contributed by atoms with Crippen LogP contribution in [0.1, 0.15) is 21.9 Å². The second kappa shape index (κ2) is 5.06. The summed E-state index contributed by atoms with van der Waals surface area (Å²) in [6, 6.07) is 8.87. The van der Waals surface area contributed by atoms with Gasteiger partial charge in [0.2, 0.25) is 0 Å². The fourth-order valence-corrected chi connectivity index (χ4v) is 1.78. The fourth-order valence-electron chi connectivity index (χ4n) is 1.54. The van der Waals surface area contributed by atoms with Crippen molar-refractivity contribution in [3.63, 3.8) is 0 Å². The van der Waals surface area contributed by atoms with Crippen molar-refractivity contribution in [2.45, 2.75) is 6.42 Å². The molecule has 0 aliphatic heterocycles. The average molecular weight is 251 g/mol. The van der Waals surface area contributed by atoms with E-state index in [0.717, 1.165) is 5.56 Å². The van der Waals surface area contributed by atoms with E-state index in [0.29, 0.717) is 35.0 Å². The van der Waals surface area contributed by atoms with Gasteiger partial charge >= 0.3 is 0 Å². The van der Waals surface area contributed by atoms with Crippen LogP contribution in [0.25, 0.3) is 0 Å². The van der Waals surface area contributed by atoms with Crippen molar-refractivity contribution >= 4 is 17.9 Å². The Morgan fingerprint density at radius 2 is 2.18 bits per heavy atom. The van der Waals surface area contributed by atoms with Gasteiger partial charge < -0.3 is 9.15 Å². The summed E-state index contributed by atoms with van der Waals surface area (Å²) in [6.45, 7) is 0. The van der Waals surface area contributed by atoms with E-state index in [2.05, 4.69) is 0 Å². The molecule has 1 aromatic heterocycles. The molecule has 4 heteroatoms. The van der Waals surface area contributed by atoms with Gasteiger partial charge in [0, 0.05) is 11.4 Å². The molecule has 1 heterocycles. The number of ether oxygens (including phenoxy) is 1. The predicted molar refractivity (Wildman–Crippen MR) is 64.9 cm³/mol. The number of halogens is 1. The molecule has 0 aliphatic carbocycles. The summed E-state index contributed by atoms with van der Waals surface area (Å²) in [4.78, 5) is 10.5. The number of carbonyl (C=O) groups excluding carboxylic acids is 1. The Bertz CT molecular complexity index is 531. The van der Waals surface area contributed by atoms with Crippen LogP contribution in [0, 0.1) is 0 Å². The Morgan fingerprint density at radius 3 is 2.76 bits per heavy atom. The Labute approximate surface area is 104 Å². The fraction of sp³-hybridized carbons (Fsp3) is 0.154. The molecule has 0 radical (unpaired) electrons. The number of hydrogen-bond donors (Lipinski definition) is 0. The number of carbonyl (C=O) groups is 1. The summed E-state index contributed by atoms with van der Waals surface area (Å²) in [5.74, 6) is 1.75. The van der Waals surface area contributed by atoms with Crippen LogP contribution in [0.5, 0.6) is 5.75 Å². The maximum Gasteiger partial charge on any atom is 0.185 e. The molecule has 17 heavy (non-hydrogen) atoms. The molecule has 0 N–H and O–H groups in total. The molecule has 0 unspecified atom stereocenters. The second-order valence-corrected chi connectivity index (χ2v) is 3.96. The van der Waals surface area contributed by atoms with Crippen LogP contribution in [-0.2, 0) is 6.42 Å². The molecule has 88 valence electrons. The summed E-state index contributed by atoms with van der Waals surface area (Å²) < 4.78 is 10.4. The van der Waals surface area contributed by atoms with Crippen molar-refractivity contribution in [3.8, 4) is 5.75 Å². The topological polar surface area (TPSA) is 39.4 Å². The van der Waals surface area contributed by atoms with Gasteiger partial charge in [0.25, 0.3) is 0 Å². The number of benzene rings is 1. The summed E-state index contributed by atoms with van der Waals surface area (Å²) >= 11 is 6.11. The van der Waals surface area contributed by atoms with E-state index >= 15 is 0 Å². The summed E-state index contributed by atoms with van der Waals surface area (Å²) in [7, 11) is 1.59. The second-order valence-electron chi connectivity index (χ2n) is 3.56. The average Bonchev–Trinajstić information content (AvgIpc) is 2.79. The van der Waals surface area contributed by atoms with Crippen molar-refractivity contribution in [2.75, 3.05) is 7.11 Å². The predicted octanol–water partition coefficient (Wildman–Crippen LogP) is 3.34. The first-order valence-electron chi connectivity index (χ1n) is 5.09. The lowest BCUT2D eigenvalue weighted by atomic mass is 10.1. The molecule has 0 fully saturated rings. The van der Waals surface area contributed by atoms with Crippen LogP contribution in [0.2, 0.25) is 5.02 Å². The van der Waals surface area contributed by atoms with E-state index in [1.54, 1.807) is 25.3 Å². The van der Waals surface area contributed by atoms with Crippen molar-refractivity contribution in [2.24, 2.45) is 0 Å². The molecule has 1 aromatic carbocycles. The van der Waals surface area contributed by atoms with Gasteiger partial charge in [-0.25, -0.2) is 0 Å². The number of aldehydes is 1. The highest BCUT2D eigenvalue weighted by Gasteiger charge is 2.07. The van der Waals surface area contributed by atoms with Crippen LogP contribution in [0.15, 0.2) is 34.7 Å². The number of rotatable bonds is 4. The molecule has 2 aromatic rings. The van der Waals surface area contributed by atoms with Crippen LogP contribution in [-0.4, -0.2) is 13.4 Å². The number of furan rings is 1. The zero-order chi connectivity index (χ0) is 12.3. The maximum absolute atomic E-state index is 10.5. The van der Waals surface area contributed by atoms with Crippen molar-refractivity contribution in [1.29, 1.82) is 0 Å². The van der Waals surface area contributed by atoms with Crippen LogP contribution >= 0.6 is 11.6 Å². The lowest BCUT2D eigenvalue weighted by molar-refractivity contribution is 0.109. The van der Waals surface area contributed by atoms with Gasteiger partial charge in [0.05, 0.1) is 7.11 Å². The lowest BCUT2D eigenvalue weighted by Gasteiger charge is -2.05. The van der Waals surface area contributed by atoms with Gasteiger partial charge in [-0.05, 0) is 29.8 Å². The molecule has 0 saturated carbocycles. The van der Waals surface area contributed by atoms with E-state index < -0.39 is 0 Å². The summed E-state index contributed by atoms with van der Waals surface area (Å²) in [5, 5.41) is 0.619. The van der Waals surface area contributed by atoms with E-state index in [9.17, 15) is 4.79 Å². The third-order valence-electron chi connectivity index (χ3n) is 2.42. The smallest absolute Gasteiger partial charge is 0.185 e. The van der Waals surface area contributed by atoms with E-state index in [-0.39, 0.29) is 0 Å². The van der Waals surface area contributed by atoms with Gasteiger partial charge in [0.1, 0.15) is 11.5 Å². The number of methoxy groups -OCH3 is 1. The van der Waals surface area contributed by atoms with Gasteiger partial charge in [-0.2, -0.15) is 0 Å². The zero-order valence-corrected chi connectivity index (χ0v) is 10.0. The molecule has 0 aliphatic rings. The maximum atomic E-state index is 10.5. The summed E-state index contributed by atoms with van der Waals surface area (Å²) in [5.41, 5.74) is 0.930. The highest BCUT2D eigenvalue weighted by molar-refractivity contribution is 6.31. The van der Waals surface area contributed by atoms with Crippen molar-refractivity contribution in [3.05, 3.63) is 52.4 Å². The third-order valence-corrected chi connectivity index (χ3v) is 2.78. The van der Waals surface area contributed by atoms with Gasteiger partial charge in [-0.3, -0.25) is 4.79 Å². The molecule has 0 amide bonds. The lowest BCUT2D eigenvalue weighted by Crippen LogP contribution is -1.89. The summed E-state index contributed by atoms with van der Waals surface area (Å²) in [6.07, 6.45) is 1.23. The standard InChI is InChI=1S/C13H11ClO3/c1-16-10-3-2-9(13(14)7-10)6-11-4-5-12(8-15)17-11/h2-5,7-8H,6H2,1H3. The largest absolute Gasteiger partial charge is 0.497 e. The minimum Gasteiger partial charge on any atom is -0.497 e. The Kier molecular flexibility index (Phi) is 3.49. The quantitative estimate of drug-likeness (QED) is 0.782. The Morgan fingerprint density at radius 1 is 1.35 bits per heavy atom. The van der Waals surface area contributed by atoms with Gasteiger partial charge in [-0.1, -0.05) is 17.7 Å². The van der Waals surface area contributed by atoms with Crippen LogP contribution in [0.4, 0.5) is 0 Å². The number of hydrogen-bond acceptors (Lipinski definition) is 3. The van der Waals surface area contributed by atoms with E-state index in [1.165, 1.54) is 0 Å². The first-order valence-corrected chi connectivity index (χ1v) is 5.47. The third kappa shape index (κ3) is 2.68. The van der Waals surface area contributed by atoms with Crippen molar-refractivity contribution < 1.29 is 13.9 Å². The zero-order valence-electron chi connectivity index (χ0n) is 9.27. The Balaban J connectivity index is 2.20. The van der Waals surface area contributed by atoms with E-state index in [1.807, 2.05) is 12.1 Å².